The van der Waals surface area contributed by atoms with Crippen LogP contribution in [0.5, 0.6) is 5.75 Å². The molecule has 0 saturated carbocycles. The van der Waals surface area contributed by atoms with Gasteiger partial charge in [0.15, 0.2) is 5.75 Å². The van der Waals surface area contributed by atoms with Gasteiger partial charge in [-0.15, -0.1) is 0 Å². The third kappa shape index (κ3) is 2.25. The topological polar surface area (TPSA) is 53.1 Å². The van der Waals surface area contributed by atoms with Crippen molar-refractivity contribution >= 4 is 28.2 Å². The Bertz CT molecular complexity index is 901. The van der Waals surface area contributed by atoms with Crippen molar-refractivity contribution in [2.45, 2.75) is 25.8 Å². The number of halogens is 1. The summed E-state index contributed by atoms with van der Waals surface area (Å²) in [7, 11) is 1.63. The standard InChI is InChI=1S/C18H18ClN3O/c1-23-18-14(19)7-8-21-15(18)10-22-16-4-2-3-12(16)13-9-11(20)5-6-17(13)22/h5-9H,2-4,10,20H2,1H3. The lowest BCUT2D eigenvalue weighted by Crippen LogP contribution is -2.07. The molecule has 0 fully saturated rings. The first-order valence-corrected chi connectivity index (χ1v) is 8.13. The van der Waals surface area contributed by atoms with Gasteiger partial charge >= 0.3 is 0 Å². The Labute approximate surface area is 139 Å². The Morgan fingerprint density at radius 1 is 1.30 bits per heavy atom. The van der Waals surface area contributed by atoms with Crippen LogP contribution in [0.25, 0.3) is 10.9 Å². The molecule has 0 unspecified atom stereocenters. The number of rotatable bonds is 3. The highest BCUT2D eigenvalue weighted by Gasteiger charge is 2.22. The fourth-order valence-corrected chi connectivity index (χ4v) is 3.86. The van der Waals surface area contributed by atoms with Gasteiger partial charge in [-0.1, -0.05) is 11.6 Å². The summed E-state index contributed by atoms with van der Waals surface area (Å²) in [6.45, 7) is 0.652. The third-order valence-corrected chi connectivity index (χ3v) is 4.89. The number of methoxy groups -OCH3 is 1. The Morgan fingerprint density at radius 2 is 2.17 bits per heavy atom. The Balaban J connectivity index is 1.89. The third-order valence-electron chi connectivity index (χ3n) is 4.59. The summed E-state index contributed by atoms with van der Waals surface area (Å²) in [6, 6.07) is 7.89. The number of nitrogen functional groups attached to an aromatic ring is 1. The molecule has 2 N–H and O–H groups in total. The summed E-state index contributed by atoms with van der Waals surface area (Å²) in [5.74, 6) is 0.651. The largest absolute Gasteiger partial charge is 0.493 e. The first kappa shape index (κ1) is 14.4. The van der Waals surface area contributed by atoms with Crippen LogP contribution in [0.15, 0.2) is 30.5 Å². The number of aryl methyl sites for hydroxylation is 1. The molecule has 5 heteroatoms. The maximum atomic E-state index is 6.24. The van der Waals surface area contributed by atoms with Gasteiger partial charge in [0.1, 0.15) is 5.69 Å². The predicted octanol–water partition coefficient (Wildman–Crippen LogP) is 3.82. The zero-order valence-electron chi connectivity index (χ0n) is 13.0. The highest BCUT2D eigenvalue weighted by molar-refractivity contribution is 6.32. The first-order valence-electron chi connectivity index (χ1n) is 7.76. The van der Waals surface area contributed by atoms with E-state index in [0.29, 0.717) is 17.3 Å². The fourth-order valence-electron chi connectivity index (χ4n) is 3.62. The van der Waals surface area contributed by atoms with Gasteiger partial charge in [0.2, 0.25) is 0 Å². The molecule has 1 aliphatic rings. The van der Waals surface area contributed by atoms with Crippen molar-refractivity contribution in [1.29, 1.82) is 0 Å². The smallest absolute Gasteiger partial charge is 0.160 e. The number of anilines is 1. The molecule has 0 bridgehead atoms. The molecule has 0 saturated heterocycles. The van der Waals surface area contributed by atoms with Crippen molar-refractivity contribution in [2.24, 2.45) is 0 Å². The summed E-state index contributed by atoms with van der Waals surface area (Å²) in [4.78, 5) is 4.48. The van der Waals surface area contributed by atoms with Crippen molar-refractivity contribution in [2.75, 3.05) is 12.8 Å². The van der Waals surface area contributed by atoms with E-state index in [-0.39, 0.29) is 0 Å². The summed E-state index contributed by atoms with van der Waals surface area (Å²) in [5, 5.41) is 1.85. The monoisotopic (exact) mass is 327 g/mol. The van der Waals surface area contributed by atoms with Crippen LogP contribution in [-0.2, 0) is 19.4 Å². The number of pyridine rings is 1. The first-order chi connectivity index (χ1) is 11.2. The van der Waals surface area contributed by atoms with Gasteiger partial charge in [0.05, 0.1) is 18.7 Å². The summed E-state index contributed by atoms with van der Waals surface area (Å²) in [6.07, 6.45) is 5.12. The van der Waals surface area contributed by atoms with Crippen molar-refractivity contribution < 1.29 is 4.74 Å². The number of benzene rings is 1. The van der Waals surface area contributed by atoms with Crippen molar-refractivity contribution in [1.82, 2.24) is 9.55 Å². The molecule has 23 heavy (non-hydrogen) atoms. The second kappa shape index (κ2) is 5.46. The highest BCUT2D eigenvalue weighted by atomic mass is 35.5. The zero-order chi connectivity index (χ0) is 16.0. The van der Waals surface area contributed by atoms with E-state index < -0.39 is 0 Å². The molecule has 0 aliphatic heterocycles. The van der Waals surface area contributed by atoms with Crippen LogP contribution < -0.4 is 10.5 Å². The van der Waals surface area contributed by atoms with Crippen LogP contribution >= 0.6 is 11.6 Å². The minimum atomic E-state index is 0.592. The molecule has 0 amide bonds. The fraction of sp³-hybridized carbons (Fsp3) is 0.278. The number of hydrogen-bond donors (Lipinski definition) is 1. The number of ether oxygens (including phenoxy) is 1. The number of aromatic nitrogens is 2. The van der Waals surface area contributed by atoms with Gasteiger partial charge in [-0.2, -0.15) is 0 Å². The molecule has 0 atom stereocenters. The lowest BCUT2D eigenvalue weighted by Gasteiger charge is -2.13. The SMILES string of the molecule is COc1c(Cl)ccnc1Cn1c2c(c3cc(N)ccc31)CCC2. The molecule has 4 nitrogen and oxygen atoms in total. The second-order valence-electron chi connectivity index (χ2n) is 5.91. The van der Waals surface area contributed by atoms with Crippen LogP contribution in [0, 0.1) is 0 Å². The number of fused-ring (bicyclic) bond motifs is 3. The molecular formula is C18H18ClN3O. The Kier molecular flexibility index (Phi) is 3.42. The van der Waals surface area contributed by atoms with Gasteiger partial charge in [-0.3, -0.25) is 4.98 Å². The van der Waals surface area contributed by atoms with Gasteiger partial charge < -0.3 is 15.0 Å². The maximum Gasteiger partial charge on any atom is 0.160 e. The normalized spacial score (nSPS) is 13.5. The number of hydrogen-bond acceptors (Lipinski definition) is 3. The molecule has 0 spiro atoms. The van der Waals surface area contributed by atoms with E-state index >= 15 is 0 Å². The molecule has 118 valence electrons. The van der Waals surface area contributed by atoms with Crippen molar-refractivity contribution in [3.63, 3.8) is 0 Å². The number of nitrogens with zero attached hydrogens (tertiary/aromatic N) is 2. The zero-order valence-corrected chi connectivity index (χ0v) is 13.7. The van der Waals surface area contributed by atoms with Crippen molar-refractivity contribution in [3.8, 4) is 5.75 Å². The molecule has 4 rings (SSSR count). The van der Waals surface area contributed by atoms with E-state index in [4.69, 9.17) is 22.1 Å². The molecule has 3 aromatic rings. The van der Waals surface area contributed by atoms with Crippen LogP contribution in [0.1, 0.15) is 23.4 Å². The highest BCUT2D eigenvalue weighted by Crippen LogP contribution is 2.36. The number of nitrogens with two attached hydrogens (primary N) is 1. The van der Waals surface area contributed by atoms with Gasteiger partial charge in [-0.05, 0) is 49.1 Å². The molecule has 2 aromatic heterocycles. The van der Waals surface area contributed by atoms with Crippen LogP contribution in [0.3, 0.4) is 0 Å². The Morgan fingerprint density at radius 3 is 3.00 bits per heavy atom. The average molecular weight is 328 g/mol. The molecule has 0 radical (unpaired) electrons. The lowest BCUT2D eigenvalue weighted by atomic mass is 10.1. The summed E-state index contributed by atoms with van der Waals surface area (Å²) < 4.78 is 7.78. The predicted molar refractivity (Wildman–Crippen MR) is 93.3 cm³/mol. The van der Waals surface area contributed by atoms with Crippen LogP contribution in [-0.4, -0.2) is 16.7 Å². The minimum Gasteiger partial charge on any atom is -0.493 e. The molecular weight excluding hydrogens is 310 g/mol. The van der Waals surface area contributed by atoms with Gasteiger partial charge in [0.25, 0.3) is 0 Å². The van der Waals surface area contributed by atoms with E-state index in [9.17, 15) is 0 Å². The van der Waals surface area contributed by atoms with E-state index in [1.807, 2.05) is 6.07 Å². The molecule has 1 aliphatic carbocycles. The van der Waals surface area contributed by atoms with Gasteiger partial charge in [0, 0.05) is 28.5 Å². The van der Waals surface area contributed by atoms with Crippen LogP contribution in [0.4, 0.5) is 5.69 Å². The van der Waals surface area contributed by atoms with E-state index in [1.54, 1.807) is 19.4 Å². The molecule has 1 aromatic carbocycles. The second-order valence-corrected chi connectivity index (χ2v) is 6.32. The Hall–Kier alpha value is -2.20. The van der Waals surface area contributed by atoms with Crippen molar-refractivity contribution in [3.05, 3.63) is 52.4 Å². The maximum absolute atomic E-state index is 6.24. The average Bonchev–Trinajstić information content (AvgIpc) is 3.11. The molecule has 2 heterocycles. The lowest BCUT2D eigenvalue weighted by molar-refractivity contribution is 0.405. The van der Waals surface area contributed by atoms with Crippen LogP contribution in [0.2, 0.25) is 5.02 Å². The van der Waals surface area contributed by atoms with E-state index in [0.717, 1.165) is 24.2 Å². The minimum absolute atomic E-state index is 0.592. The summed E-state index contributed by atoms with van der Waals surface area (Å²) >= 11 is 6.24. The van der Waals surface area contributed by atoms with Gasteiger partial charge in [-0.25, -0.2) is 0 Å². The van der Waals surface area contributed by atoms with E-state index in [1.165, 1.54) is 28.6 Å². The quantitative estimate of drug-likeness (QED) is 0.744. The van der Waals surface area contributed by atoms with E-state index in [2.05, 4.69) is 21.7 Å². The summed E-state index contributed by atoms with van der Waals surface area (Å²) in [5.41, 5.74) is 11.7.